The largest absolute Gasteiger partial charge is 0.394 e. The Morgan fingerprint density at radius 3 is 2.92 bits per heavy atom. The molecule has 0 fully saturated rings. The molecule has 0 radical (unpaired) electrons. The van der Waals surface area contributed by atoms with E-state index in [1.807, 2.05) is 24.3 Å². The summed E-state index contributed by atoms with van der Waals surface area (Å²) < 4.78 is 0. The number of aliphatic hydroxyl groups excluding tert-OH is 1. The van der Waals surface area contributed by atoms with E-state index in [9.17, 15) is 5.11 Å². The zero-order valence-electron chi connectivity index (χ0n) is 7.33. The molecule has 0 bridgehead atoms. The third-order valence-electron chi connectivity index (χ3n) is 2.84. The second-order valence-electron chi connectivity index (χ2n) is 3.51. The van der Waals surface area contributed by atoms with E-state index in [2.05, 4.69) is 6.07 Å². The van der Waals surface area contributed by atoms with Gasteiger partial charge in [0.1, 0.15) is 5.41 Å². The summed E-state index contributed by atoms with van der Waals surface area (Å²) in [6, 6.07) is 10.1. The lowest BCUT2D eigenvalue weighted by Gasteiger charge is -2.18. The van der Waals surface area contributed by atoms with Gasteiger partial charge in [-0.1, -0.05) is 24.3 Å². The van der Waals surface area contributed by atoms with Gasteiger partial charge in [0.2, 0.25) is 0 Å². The molecule has 0 aliphatic heterocycles. The van der Waals surface area contributed by atoms with E-state index in [4.69, 9.17) is 5.26 Å². The molecular formula is C11H11NO. The average Bonchev–Trinajstić information content (AvgIpc) is 2.58. The van der Waals surface area contributed by atoms with E-state index in [-0.39, 0.29) is 6.61 Å². The fourth-order valence-corrected chi connectivity index (χ4v) is 2.00. The van der Waals surface area contributed by atoms with Crippen LogP contribution in [-0.2, 0) is 11.8 Å². The fourth-order valence-electron chi connectivity index (χ4n) is 2.00. The van der Waals surface area contributed by atoms with Crippen molar-refractivity contribution < 1.29 is 5.11 Å². The van der Waals surface area contributed by atoms with Gasteiger partial charge in [0, 0.05) is 0 Å². The number of nitriles is 1. The molecule has 2 heteroatoms. The summed E-state index contributed by atoms with van der Waals surface area (Å²) in [5.74, 6) is 0. The zero-order valence-corrected chi connectivity index (χ0v) is 7.33. The Morgan fingerprint density at radius 2 is 2.23 bits per heavy atom. The van der Waals surface area contributed by atoms with Crippen molar-refractivity contribution in [2.45, 2.75) is 18.3 Å². The third kappa shape index (κ3) is 1.05. The maximum atomic E-state index is 9.24. The fraction of sp³-hybridized carbons (Fsp3) is 0.364. The Bertz CT molecular complexity index is 367. The number of hydrogen-bond acceptors (Lipinski definition) is 2. The van der Waals surface area contributed by atoms with Crippen molar-refractivity contribution in [3.63, 3.8) is 0 Å². The molecule has 1 atom stereocenters. The van der Waals surface area contributed by atoms with Crippen molar-refractivity contribution in [1.82, 2.24) is 0 Å². The molecule has 66 valence electrons. The highest BCUT2D eigenvalue weighted by Crippen LogP contribution is 2.37. The third-order valence-corrected chi connectivity index (χ3v) is 2.84. The van der Waals surface area contributed by atoms with Crippen LogP contribution in [0.3, 0.4) is 0 Å². The molecule has 0 saturated carbocycles. The second kappa shape index (κ2) is 2.86. The lowest BCUT2D eigenvalue weighted by molar-refractivity contribution is 0.229. The van der Waals surface area contributed by atoms with Gasteiger partial charge in [-0.3, -0.25) is 0 Å². The van der Waals surface area contributed by atoms with Gasteiger partial charge in [0.05, 0.1) is 12.7 Å². The Balaban J connectivity index is 2.55. The van der Waals surface area contributed by atoms with Gasteiger partial charge in [0.15, 0.2) is 0 Å². The average molecular weight is 173 g/mol. The monoisotopic (exact) mass is 173 g/mol. The van der Waals surface area contributed by atoms with Gasteiger partial charge in [-0.2, -0.15) is 5.26 Å². The van der Waals surface area contributed by atoms with E-state index >= 15 is 0 Å². The Labute approximate surface area is 77.4 Å². The first-order chi connectivity index (χ1) is 6.32. The van der Waals surface area contributed by atoms with Gasteiger partial charge in [-0.25, -0.2) is 0 Å². The van der Waals surface area contributed by atoms with E-state index < -0.39 is 5.41 Å². The van der Waals surface area contributed by atoms with E-state index in [1.165, 1.54) is 5.56 Å². The number of hydrogen-bond donors (Lipinski definition) is 1. The lowest BCUT2D eigenvalue weighted by Crippen LogP contribution is -2.25. The Morgan fingerprint density at radius 1 is 1.46 bits per heavy atom. The molecule has 0 spiro atoms. The Kier molecular flexibility index (Phi) is 1.82. The van der Waals surface area contributed by atoms with Crippen LogP contribution >= 0.6 is 0 Å². The molecular weight excluding hydrogens is 162 g/mol. The maximum Gasteiger partial charge on any atom is 0.106 e. The van der Waals surface area contributed by atoms with Gasteiger partial charge in [-0.15, -0.1) is 0 Å². The van der Waals surface area contributed by atoms with E-state index in [1.54, 1.807) is 0 Å². The Hall–Kier alpha value is -1.33. The lowest BCUT2D eigenvalue weighted by atomic mass is 9.84. The van der Waals surface area contributed by atoms with Crippen LogP contribution in [0.25, 0.3) is 0 Å². The van der Waals surface area contributed by atoms with Crippen LogP contribution in [0, 0.1) is 11.3 Å². The highest BCUT2D eigenvalue weighted by molar-refractivity contribution is 5.44. The maximum absolute atomic E-state index is 9.24. The summed E-state index contributed by atoms with van der Waals surface area (Å²) >= 11 is 0. The zero-order chi connectivity index (χ0) is 9.31. The van der Waals surface area contributed by atoms with Crippen LogP contribution < -0.4 is 0 Å². The van der Waals surface area contributed by atoms with Crippen molar-refractivity contribution in [1.29, 1.82) is 5.26 Å². The molecule has 1 unspecified atom stereocenters. The minimum absolute atomic E-state index is 0.0689. The SMILES string of the molecule is N#CC1(CO)CCc2ccccc21. The quantitative estimate of drug-likeness (QED) is 0.697. The van der Waals surface area contributed by atoms with Crippen molar-refractivity contribution in [3.8, 4) is 6.07 Å². The van der Waals surface area contributed by atoms with Crippen molar-refractivity contribution >= 4 is 0 Å². The highest BCUT2D eigenvalue weighted by atomic mass is 16.3. The summed E-state index contributed by atoms with van der Waals surface area (Å²) in [6.07, 6.45) is 1.66. The molecule has 0 amide bonds. The molecule has 0 aromatic heterocycles. The van der Waals surface area contributed by atoms with Gasteiger partial charge in [-0.05, 0) is 24.0 Å². The number of nitrogens with zero attached hydrogens (tertiary/aromatic N) is 1. The second-order valence-corrected chi connectivity index (χ2v) is 3.51. The van der Waals surface area contributed by atoms with Crippen molar-refractivity contribution in [2.24, 2.45) is 0 Å². The van der Waals surface area contributed by atoms with Crippen LogP contribution in [0.15, 0.2) is 24.3 Å². The van der Waals surface area contributed by atoms with Crippen LogP contribution in [0.4, 0.5) is 0 Å². The minimum atomic E-state index is -0.628. The summed E-state index contributed by atoms with van der Waals surface area (Å²) in [4.78, 5) is 0. The number of aliphatic hydroxyl groups is 1. The summed E-state index contributed by atoms with van der Waals surface area (Å²) in [6.45, 7) is -0.0689. The number of rotatable bonds is 1. The highest BCUT2D eigenvalue weighted by Gasteiger charge is 2.37. The minimum Gasteiger partial charge on any atom is -0.394 e. The van der Waals surface area contributed by atoms with Gasteiger partial charge >= 0.3 is 0 Å². The van der Waals surface area contributed by atoms with E-state index in [0.29, 0.717) is 0 Å². The molecule has 1 aliphatic rings. The predicted octanol–water partition coefficient (Wildman–Crippen LogP) is 1.39. The first kappa shape index (κ1) is 8.28. The molecule has 2 rings (SSSR count). The normalized spacial score (nSPS) is 25.2. The standard InChI is InChI=1S/C11H11NO/c12-7-11(8-13)6-5-9-3-1-2-4-10(9)11/h1-4,13H,5-6,8H2. The number of aryl methyl sites for hydroxylation is 1. The predicted molar refractivity (Wildman–Crippen MR) is 49.1 cm³/mol. The molecule has 1 aromatic carbocycles. The van der Waals surface area contributed by atoms with Crippen LogP contribution in [0.5, 0.6) is 0 Å². The topological polar surface area (TPSA) is 44.0 Å². The van der Waals surface area contributed by atoms with Crippen LogP contribution in [0.1, 0.15) is 17.5 Å². The number of benzene rings is 1. The van der Waals surface area contributed by atoms with Gasteiger partial charge < -0.3 is 5.11 Å². The van der Waals surface area contributed by atoms with Crippen molar-refractivity contribution in [2.75, 3.05) is 6.61 Å². The summed E-state index contributed by atoms with van der Waals surface area (Å²) in [5.41, 5.74) is 1.59. The number of fused-ring (bicyclic) bond motifs is 1. The molecule has 1 aliphatic carbocycles. The van der Waals surface area contributed by atoms with Crippen LogP contribution in [-0.4, -0.2) is 11.7 Å². The molecule has 2 nitrogen and oxygen atoms in total. The molecule has 0 saturated heterocycles. The first-order valence-corrected chi connectivity index (χ1v) is 4.43. The molecule has 1 aromatic rings. The smallest absolute Gasteiger partial charge is 0.106 e. The van der Waals surface area contributed by atoms with E-state index in [0.717, 1.165) is 18.4 Å². The first-order valence-electron chi connectivity index (χ1n) is 4.43. The van der Waals surface area contributed by atoms with Gasteiger partial charge in [0.25, 0.3) is 0 Å². The molecule has 0 heterocycles. The van der Waals surface area contributed by atoms with Crippen molar-refractivity contribution in [3.05, 3.63) is 35.4 Å². The van der Waals surface area contributed by atoms with Crippen LogP contribution in [0.2, 0.25) is 0 Å². The molecule has 13 heavy (non-hydrogen) atoms. The molecule has 1 N–H and O–H groups in total. The summed E-state index contributed by atoms with van der Waals surface area (Å²) in [5, 5.41) is 18.3. The summed E-state index contributed by atoms with van der Waals surface area (Å²) in [7, 11) is 0.